The molecule has 1 aliphatic heterocycles. The van der Waals surface area contributed by atoms with Crippen molar-refractivity contribution in [2.75, 3.05) is 33.2 Å². The number of H-pyrrole nitrogens is 1. The van der Waals surface area contributed by atoms with Gasteiger partial charge in [-0.05, 0) is 56.0 Å². The number of hydrogen-bond donors (Lipinski definition) is 1. The summed E-state index contributed by atoms with van der Waals surface area (Å²) in [5.41, 5.74) is 1.89. The van der Waals surface area contributed by atoms with Gasteiger partial charge in [0.2, 0.25) is 0 Å². The predicted octanol–water partition coefficient (Wildman–Crippen LogP) is 3.09. The van der Waals surface area contributed by atoms with E-state index in [1.54, 1.807) is 12.5 Å². The van der Waals surface area contributed by atoms with Gasteiger partial charge in [-0.2, -0.15) is 0 Å². The second-order valence-corrected chi connectivity index (χ2v) is 7.25. The smallest absolute Gasteiger partial charge is 0.271 e. The Hall–Kier alpha value is -1.85. The van der Waals surface area contributed by atoms with Gasteiger partial charge in [0.05, 0.1) is 12.5 Å². The third kappa shape index (κ3) is 5.06. The number of carbonyl (C=O) groups excluding carboxylic acids is 1. The van der Waals surface area contributed by atoms with E-state index in [2.05, 4.69) is 27.0 Å². The van der Waals surface area contributed by atoms with Crippen LogP contribution in [0.3, 0.4) is 0 Å². The fraction of sp³-hybridized carbons (Fsp3) is 0.474. The monoisotopic (exact) mass is 360 g/mol. The van der Waals surface area contributed by atoms with Crippen molar-refractivity contribution in [2.24, 2.45) is 5.92 Å². The lowest BCUT2D eigenvalue weighted by molar-refractivity contribution is 0.0735. The summed E-state index contributed by atoms with van der Waals surface area (Å²) in [7, 11) is 1.87. The average Bonchev–Trinajstić information content (AvgIpc) is 3.16. The van der Waals surface area contributed by atoms with Crippen molar-refractivity contribution in [1.29, 1.82) is 0 Å². The van der Waals surface area contributed by atoms with E-state index in [9.17, 15) is 4.79 Å². The van der Waals surface area contributed by atoms with Gasteiger partial charge in [0.15, 0.2) is 0 Å². The highest BCUT2D eigenvalue weighted by Crippen LogP contribution is 2.19. The van der Waals surface area contributed by atoms with Crippen LogP contribution in [-0.4, -0.2) is 58.9 Å². The zero-order valence-electron chi connectivity index (χ0n) is 14.6. The van der Waals surface area contributed by atoms with E-state index in [-0.39, 0.29) is 5.91 Å². The fourth-order valence-corrected chi connectivity index (χ4v) is 3.51. The summed E-state index contributed by atoms with van der Waals surface area (Å²) in [5, 5.41) is 0.790. The van der Waals surface area contributed by atoms with Gasteiger partial charge in [-0.1, -0.05) is 23.7 Å². The molecule has 2 heterocycles. The van der Waals surface area contributed by atoms with E-state index in [0.717, 1.165) is 50.5 Å². The van der Waals surface area contributed by atoms with Gasteiger partial charge in [-0.3, -0.25) is 4.79 Å². The molecule has 0 unspecified atom stereocenters. The zero-order valence-corrected chi connectivity index (χ0v) is 15.4. The van der Waals surface area contributed by atoms with E-state index < -0.39 is 0 Å². The number of nitrogens with zero attached hydrogens (tertiary/aromatic N) is 3. The van der Waals surface area contributed by atoms with Crippen LogP contribution in [0.1, 0.15) is 28.9 Å². The molecule has 25 heavy (non-hydrogen) atoms. The first kappa shape index (κ1) is 18.0. The minimum Gasteiger partial charge on any atom is -0.341 e. The van der Waals surface area contributed by atoms with Crippen LogP contribution in [0.5, 0.6) is 0 Å². The molecule has 6 heteroatoms. The summed E-state index contributed by atoms with van der Waals surface area (Å²) in [6, 6.07) is 8.11. The Morgan fingerprint density at radius 3 is 2.68 bits per heavy atom. The van der Waals surface area contributed by atoms with Crippen LogP contribution >= 0.6 is 11.6 Å². The van der Waals surface area contributed by atoms with E-state index in [1.807, 2.05) is 24.1 Å². The Kier molecular flexibility index (Phi) is 6.10. The predicted molar refractivity (Wildman–Crippen MR) is 99.9 cm³/mol. The largest absolute Gasteiger partial charge is 0.341 e. The molecule has 0 saturated carbocycles. The number of amides is 1. The molecule has 1 aromatic carbocycles. The van der Waals surface area contributed by atoms with Gasteiger partial charge in [0.1, 0.15) is 5.69 Å². The maximum Gasteiger partial charge on any atom is 0.271 e. The van der Waals surface area contributed by atoms with Gasteiger partial charge in [-0.15, -0.1) is 0 Å². The molecular weight excluding hydrogens is 336 g/mol. The number of piperidine rings is 1. The second kappa shape index (κ2) is 8.50. The number of nitrogens with one attached hydrogen (secondary N) is 1. The van der Waals surface area contributed by atoms with Gasteiger partial charge < -0.3 is 14.8 Å². The number of imidazole rings is 1. The number of carbonyl (C=O) groups is 1. The number of rotatable bonds is 6. The van der Waals surface area contributed by atoms with Crippen molar-refractivity contribution in [3.63, 3.8) is 0 Å². The molecule has 1 aliphatic rings. The van der Waals surface area contributed by atoms with Crippen molar-refractivity contribution >= 4 is 17.5 Å². The number of benzene rings is 1. The summed E-state index contributed by atoms with van der Waals surface area (Å²) in [5.74, 6) is 0.589. The van der Waals surface area contributed by atoms with Crippen LogP contribution in [0.25, 0.3) is 0 Å². The van der Waals surface area contributed by atoms with Crippen LogP contribution in [-0.2, 0) is 6.42 Å². The molecule has 134 valence electrons. The number of hydrogen-bond acceptors (Lipinski definition) is 3. The van der Waals surface area contributed by atoms with Crippen LogP contribution in [0.2, 0.25) is 5.02 Å². The van der Waals surface area contributed by atoms with Crippen molar-refractivity contribution in [3.8, 4) is 0 Å². The third-order valence-electron chi connectivity index (χ3n) is 4.94. The lowest BCUT2D eigenvalue weighted by atomic mass is 9.96. The Balaban J connectivity index is 1.39. The van der Waals surface area contributed by atoms with E-state index in [0.29, 0.717) is 11.6 Å². The fourth-order valence-electron chi connectivity index (χ4n) is 3.38. The molecule has 5 nitrogen and oxygen atoms in total. The Morgan fingerprint density at radius 1 is 1.32 bits per heavy atom. The quantitative estimate of drug-likeness (QED) is 0.861. The van der Waals surface area contributed by atoms with E-state index in [1.165, 1.54) is 5.56 Å². The van der Waals surface area contributed by atoms with E-state index >= 15 is 0 Å². The standard InChI is InChI=1S/C19H25ClN4O/c1-23(19(25)18-12-21-14-22-18)13-16-7-10-24(11-8-16)9-6-15-2-4-17(20)5-3-15/h2-5,12,14,16H,6-11,13H2,1H3,(H,21,22). The van der Waals surface area contributed by atoms with Crippen molar-refractivity contribution < 1.29 is 4.79 Å². The molecule has 0 radical (unpaired) electrons. The Bertz CT molecular complexity index is 663. The first-order valence-corrected chi connectivity index (χ1v) is 9.20. The summed E-state index contributed by atoms with van der Waals surface area (Å²) >= 11 is 5.93. The maximum atomic E-state index is 12.3. The molecular formula is C19H25ClN4O. The van der Waals surface area contributed by atoms with Crippen LogP contribution in [0.15, 0.2) is 36.8 Å². The van der Waals surface area contributed by atoms with Gasteiger partial charge in [-0.25, -0.2) is 4.98 Å². The lowest BCUT2D eigenvalue weighted by Crippen LogP contribution is -2.40. The molecule has 1 N–H and O–H groups in total. The highest BCUT2D eigenvalue weighted by Gasteiger charge is 2.22. The molecule has 0 atom stereocenters. The summed E-state index contributed by atoms with van der Waals surface area (Å²) in [6.07, 6.45) is 6.46. The highest BCUT2D eigenvalue weighted by atomic mass is 35.5. The Labute approximate surface area is 154 Å². The molecule has 1 aromatic heterocycles. The molecule has 0 bridgehead atoms. The summed E-state index contributed by atoms with van der Waals surface area (Å²) in [6.45, 7) is 4.09. The zero-order chi connectivity index (χ0) is 17.6. The lowest BCUT2D eigenvalue weighted by Gasteiger charge is -2.33. The molecule has 0 spiro atoms. The molecule has 3 rings (SSSR count). The summed E-state index contributed by atoms with van der Waals surface area (Å²) in [4.78, 5) is 23.4. The maximum absolute atomic E-state index is 12.3. The normalized spacial score (nSPS) is 16.1. The molecule has 0 aliphatic carbocycles. The first-order chi connectivity index (χ1) is 12.1. The molecule has 1 fully saturated rings. The highest BCUT2D eigenvalue weighted by molar-refractivity contribution is 6.30. The van der Waals surface area contributed by atoms with Gasteiger partial charge in [0, 0.05) is 25.2 Å². The minimum absolute atomic E-state index is 0.0164. The second-order valence-electron chi connectivity index (χ2n) is 6.81. The van der Waals surface area contributed by atoms with Gasteiger partial charge in [0.25, 0.3) is 5.91 Å². The van der Waals surface area contributed by atoms with Crippen LogP contribution < -0.4 is 0 Å². The number of aromatic amines is 1. The van der Waals surface area contributed by atoms with Crippen molar-refractivity contribution in [3.05, 3.63) is 53.1 Å². The molecule has 2 aromatic rings. The molecule has 1 amide bonds. The SMILES string of the molecule is CN(CC1CCN(CCc2ccc(Cl)cc2)CC1)C(=O)c1cnc[nH]1. The minimum atomic E-state index is 0.0164. The average molecular weight is 361 g/mol. The number of likely N-dealkylation sites (tertiary alicyclic amines) is 1. The number of aromatic nitrogens is 2. The number of halogens is 1. The van der Waals surface area contributed by atoms with Gasteiger partial charge >= 0.3 is 0 Å². The van der Waals surface area contributed by atoms with E-state index in [4.69, 9.17) is 11.6 Å². The van der Waals surface area contributed by atoms with Crippen molar-refractivity contribution in [1.82, 2.24) is 19.8 Å². The topological polar surface area (TPSA) is 52.2 Å². The molecule has 1 saturated heterocycles. The third-order valence-corrected chi connectivity index (χ3v) is 5.20. The van der Waals surface area contributed by atoms with Crippen LogP contribution in [0, 0.1) is 5.92 Å². The van der Waals surface area contributed by atoms with Crippen LogP contribution in [0.4, 0.5) is 0 Å². The van der Waals surface area contributed by atoms with Crippen molar-refractivity contribution in [2.45, 2.75) is 19.3 Å². The summed E-state index contributed by atoms with van der Waals surface area (Å²) < 4.78 is 0. The Morgan fingerprint density at radius 2 is 2.04 bits per heavy atom. The first-order valence-electron chi connectivity index (χ1n) is 8.82.